The first-order valence-electron chi connectivity index (χ1n) is 5.47. The normalized spacial score (nSPS) is 11.7. The van der Waals surface area contributed by atoms with Crippen LogP contribution in [-0.2, 0) is 4.79 Å². The van der Waals surface area contributed by atoms with E-state index in [4.69, 9.17) is 15.6 Å². The highest BCUT2D eigenvalue weighted by molar-refractivity contribution is 5.96. The van der Waals surface area contributed by atoms with Crippen molar-refractivity contribution in [3.05, 3.63) is 23.8 Å². The van der Waals surface area contributed by atoms with Gasteiger partial charge in [-0.1, -0.05) is 6.92 Å². The van der Waals surface area contributed by atoms with Gasteiger partial charge in [0, 0.05) is 11.8 Å². The van der Waals surface area contributed by atoms with Crippen molar-refractivity contribution in [2.75, 3.05) is 12.4 Å². The van der Waals surface area contributed by atoms with Crippen LogP contribution in [0.4, 0.5) is 5.69 Å². The van der Waals surface area contributed by atoms with Crippen molar-refractivity contribution in [3.63, 3.8) is 0 Å². The summed E-state index contributed by atoms with van der Waals surface area (Å²) in [6.07, 6.45) is 0.524. The summed E-state index contributed by atoms with van der Waals surface area (Å²) >= 11 is 0. The summed E-state index contributed by atoms with van der Waals surface area (Å²) in [5, 5.41) is 11.5. The molecular weight excluding hydrogens is 236 g/mol. The van der Waals surface area contributed by atoms with E-state index >= 15 is 0 Å². The lowest BCUT2D eigenvalue weighted by molar-refractivity contribution is -0.117. The Morgan fingerprint density at radius 2 is 2.17 bits per heavy atom. The number of rotatable bonds is 5. The van der Waals surface area contributed by atoms with E-state index in [0.29, 0.717) is 12.1 Å². The number of carbonyl (C=O) groups excluding carboxylic acids is 1. The quantitative estimate of drug-likeness (QED) is 0.727. The molecule has 6 heteroatoms. The molecule has 0 aliphatic rings. The van der Waals surface area contributed by atoms with Crippen molar-refractivity contribution in [1.82, 2.24) is 0 Å². The van der Waals surface area contributed by atoms with Gasteiger partial charge in [0.05, 0.1) is 13.2 Å². The predicted molar refractivity (Wildman–Crippen MR) is 66.8 cm³/mol. The van der Waals surface area contributed by atoms with Crippen molar-refractivity contribution >= 4 is 17.6 Å². The Morgan fingerprint density at radius 3 is 2.67 bits per heavy atom. The van der Waals surface area contributed by atoms with Gasteiger partial charge in [0.15, 0.2) is 0 Å². The van der Waals surface area contributed by atoms with E-state index in [0.717, 1.165) is 0 Å². The molecule has 0 aliphatic heterocycles. The lowest BCUT2D eigenvalue weighted by Crippen LogP contribution is -2.34. The Kier molecular flexibility index (Phi) is 4.67. The number of benzene rings is 1. The van der Waals surface area contributed by atoms with E-state index in [1.165, 1.54) is 25.3 Å². The summed E-state index contributed by atoms with van der Waals surface area (Å²) in [6.45, 7) is 1.80. The van der Waals surface area contributed by atoms with E-state index in [9.17, 15) is 9.59 Å². The zero-order valence-corrected chi connectivity index (χ0v) is 10.3. The molecule has 0 unspecified atom stereocenters. The van der Waals surface area contributed by atoms with Crippen LogP contribution in [0.2, 0.25) is 0 Å². The fraction of sp³-hybridized carbons (Fsp3) is 0.333. The standard InChI is InChI=1S/C12H16N2O4/c1-3-9(13)11(15)14-7-4-5-8(12(16)17)10(6-7)18-2/h4-6,9H,3,13H2,1-2H3,(H,14,15)(H,16,17)/t9-/m0/s1. The van der Waals surface area contributed by atoms with Crippen LogP contribution in [0.5, 0.6) is 5.75 Å². The van der Waals surface area contributed by atoms with Crippen LogP contribution in [0.3, 0.4) is 0 Å². The summed E-state index contributed by atoms with van der Waals surface area (Å²) in [7, 11) is 1.37. The number of hydrogen-bond acceptors (Lipinski definition) is 4. The summed E-state index contributed by atoms with van der Waals surface area (Å²) < 4.78 is 4.95. The molecule has 0 fully saturated rings. The smallest absolute Gasteiger partial charge is 0.339 e. The molecular formula is C12H16N2O4. The molecule has 1 amide bonds. The SMILES string of the molecule is CC[C@H](N)C(=O)Nc1ccc(C(=O)O)c(OC)c1. The largest absolute Gasteiger partial charge is 0.496 e. The highest BCUT2D eigenvalue weighted by Crippen LogP contribution is 2.23. The second kappa shape index (κ2) is 6.02. The minimum Gasteiger partial charge on any atom is -0.496 e. The van der Waals surface area contributed by atoms with Crippen LogP contribution in [-0.4, -0.2) is 30.1 Å². The fourth-order valence-electron chi connectivity index (χ4n) is 1.37. The molecule has 4 N–H and O–H groups in total. The number of methoxy groups -OCH3 is 1. The molecule has 1 aromatic carbocycles. The lowest BCUT2D eigenvalue weighted by Gasteiger charge is -2.12. The van der Waals surface area contributed by atoms with Gasteiger partial charge < -0.3 is 20.9 Å². The first-order valence-corrected chi connectivity index (χ1v) is 5.47. The van der Waals surface area contributed by atoms with E-state index in [1.54, 1.807) is 6.92 Å². The van der Waals surface area contributed by atoms with Gasteiger partial charge in [-0.3, -0.25) is 4.79 Å². The Labute approximate surface area is 105 Å². The number of nitrogens with one attached hydrogen (secondary N) is 1. The maximum atomic E-state index is 11.6. The Hall–Kier alpha value is -2.08. The number of amides is 1. The van der Waals surface area contributed by atoms with Crippen LogP contribution in [0.25, 0.3) is 0 Å². The molecule has 1 aromatic rings. The number of hydrogen-bond donors (Lipinski definition) is 3. The van der Waals surface area contributed by atoms with Crippen molar-refractivity contribution < 1.29 is 19.4 Å². The second-order valence-corrected chi connectivity index (χ2v) is 3.72. The Balaban J connectivity index is 2.92. The molecule has 0 radical (unpaired) electrons. The van der Waals surface area contributed by atoms with Crippen LogP contribution < -0.4 is 15.8 Å². The number of nitrogens with two attached hydrogens (primary N) is 1. The van der Waals surface area contributed by atoms with Crippen LogP contribution in [0.1, 0.15) is 23.7 Å². The monoisotopic (exact) mass is 252 g/mol. The first-order chi connectivity index (χ1) is 8.49. The van der Waals surface area contributed by atoms with Gasteiger partial charge in [-0.05, 0) is 18.6 Å². The number of aromatic carboxylic acids is 1. The number of ether oxygens (including phenoxy) is 1. The zero-order chi connectivity index (χ0) is 13.7. The molecule has 18 heavy (non-hydrogen) atoms. The average molecular weight is 252 g/mol. The third kappa shape index (κ3) is 3.21. The Morgan fingerprint density at radius 1 is 1.50 bits per heavy atom. The third-order valence-electron chi connectivity index (χ3n) is 2.48. The average Bonchev–Trinajstić information content (AvgIpc) is 2.37. The van der Waals surface area contributed by atoms with E-state index in [1.807, 2.05) is 0 Å². The van der Waals surface area contributed by atoms with Gasteiger partial charge >= 0.3 is 5.97 Å². The fourth-order valence-corrected chi connectivity index (χ4v) is 1.37. The number of anilines is 1. The van der Waals surface area contributed by atoms with Crippen molar-refractivity contribution in [1.29, 1.82) is 0 Å². The first kappa shape index (κ1) is 14.0. The number of carboxylic acids is 1. The van der Waals surface area contributed by atoms with Crippen molar-refractivity contribution in [2.24, 2.45) is 5.73 Å². The topological polar surface area (TPSA) is 102 Å². The van der Waals surface area contributed by atoms with E-state index < -0.39 is 12.0 Å². The van der Waals surface area contributed by atoms with Gasteiger partial charge in [-0.25, -0.2) is 4.79 Å². The molecule has 98 valence electrons. The minimum atomic E-state index is -1.09. The van der Waals surface area contributed by atoms with Gasteiger partial charge in [0.25, 0.3) is 0 Å². The maximum absolute atomic E-state index is 11.6. The molecule has 6 nitrogen and oxygen atoms in total. The molecule has 1 atom stereocenters. The van der Waals surface area contributed by atoms with Gasteiger partial charge in [-0.2, -0.15) is 0 Å². The molecule has 1 rings (SSSR count). The predicted octanol–water partition coefficient (Wildman–Crippen LogP) is 1.07. The third-order valence-corrected chi connectivity index (χ3v) is 2.48. The van der Waals surface area contributed by atoms with Crippen LogP contribution >= 0.6 is 0 Å². The van der Waals surface area contributed by atoms with Gasteiger partial charge in [0.1, 0.15) is 11.3 Å². The molecule has 0 heterocycles. The van der Waals surface area contributed by atoms with E-state index in [-0.39, 0.29) is 17.2 Å². The molecule has 0 saturated carbocycles. The molecule has 0 spiro atoms. The second-order valence-electron chi connectivity index (χ2n) is 3.72. The minimum absolute atomic E-state index is 0.0373. The Bertz CT molecular complexity index is 459. The molecule has 0 aliphatic carbocycles. The lowest BCUT2D eigenvalue weighted by atomic mass is 10.1. The number of carboxylic acid groups (broad SMARTS) is 1. The highest BCUT2D eigenvalue weighted by Gasteiger charge is 2.14. The van der Waals surface area contributed by atoms with Gasteiger partial charge in [0.2, 0.25) is 5.91 Å². The van der Waals surface area contributed by atoms with Crippen molar-refractivity contribution in [2.45, 2.75) is 19.4 Å². The highest BCUT2D eigenvalue weighted by atomic mass is 16.5. The van der Waals surface area contributed by atoms with Crippen LogP contribution in [0.15, 0.2) is 18.2 Å². The summed E-state index contributed by atoms with van der Waals surface area (Å²) in [5.41, 5.74) is 6.06. The van der Waals surface area contributed by atoms with Crippen molar-refractivity contribution in [3.8, 4) is 5.75 Å². The number of carbonyl (C=O) groups is 2. The molecule has 0 saturated heterocycles. The molecule has 0 bridgehead atoms. The zero-order valence-electron chi connectivity index (χ0n) is 10.3. The summed E-state index contributed by atoms with van der Waals surface area (Å²) in [6, 6.07) is 3.72. The summed E-state index contributed by atoms with van der Waals surface area (Å²) in [5.74, 6) is -1.22. The summed E-state index contributed by atoms with van der Waals surface area (Å²) in [4.78, 5) is 22.5. The van der Waals surface area contributed by atoms with Gasteiger partial charge in [-0.15, -0.1) is 0 Å². The van der Waals surface area contributed by atoms with E-state index in [2.05, 4.69) is 5.32 Å². The van der Waals surface area contributed by atoms with Crippen LogP contribution in [0, 0.1) is 0 Å². The maximum Gasteiger partial charge on any atom is 0.339 e. The molecule has 0 aromatic heterocycles.